The Balaban J connectivity index is 3.70. The van der Waals surface area contributed by atoms with Crippen LogP contribution in [0.25, 0.3) is 0 Å². The molecule has 0 aliphatic rings. The maximum Gasteiger partial charge on any atom is 0.140 e. The van der Waals surface area contributed by atoms with Crippen LogP contribution in [0.3, 0.4) is 0 Å². The van der Waals surface area contributed by atoms with Crippen molar-refractivity contribution < 1.29 is 14.7 Å². The molecular weight excluding hydrogens is 234 g/mol. The van der Waals surface area contributed by atoms with Gasteiger partial charge in [0.2, 0.25) is 0 Å². The number of nitrogens with two attached hydrogens (primary N) is 1. The number of rotatable bonds is 11. The van der Waals surface area contributed by atoms with E-state index >= 15 is 0 Å². The molecule has 0 saturated heterocycles. The van der Waals surface area contributed by atoms with Gasteiger partial charge >= 0.3 is 0 Å². The number of ether oxygens (including phenoxy) is 2. The Morgan fingerprint density at radius 3 is 2.56 bits per heavy atom. The molecule has 108 valence electrons. The second-order valence-electron chi connectivity index (χ2n) is 4.43. The molecule has 0 fully saturated rings. The van der Waals surface area contributed by atoms with E-state index in [-0.39, 0.29) is 5.84 Å². The first kappa shape index (κ1) is 17.2. The van der Waals surface area contributed by atoms with Crippen LogP contribution < -0.4 is 5.73 Å². The van der Waals surface area contributed by atoms with Crippen LogP contribution in [0, 0.1) is 0 Å². The van der Waals surface area contributed by atoms with Crippen molar-refractivity contribution in [3.05, 3.63) is 0 Å². The summed E-state index contributed by atoms with van der Waals surface area (Å²) in [5, 5.41) is 11.5. The fourth-order valence-electron chi connectivity index (χ4n) is 1.53. The SMILES string of the molecule is COCCCOCCN(CCC(N)=NO)C(C)C. The van der Waals surface area contributed by atoms with E-state index in [0.29, 0.717) is 19.1 Å². The number of amidine groups is 1. The second kappa shape index (κ2) is 11.3. The zero-order valence-corrected chi connectivity index (χ0v) is 11.8. The Morgan fingerprint density at radius 1 is 1.28 bits per heavy atom. The summed E-state index contributed by atoms with van der Waals surface area (Å²) in [6.45, 7) is 8.02. The first-order valence-corrected chi connectivity index (χ1v) is 6.39. The largest absolute Gasteiger partial charge is 0.409 e. The molecule has 0 spiro atoms. The topological polar surface area (TPSA) is 80.3 Å². The fourth-order valence-corrected chi connectivity index (χ4v) is 1.53. The van der Waals surface area contributed by atoms with Gasteiger partial charge in [0, 0.05) is 45.9 Å². The van der Waals surface area contributed by atoms with Crippen LogP contribution in [0.2, 0.25) is 0 Å². The lowest BCUT2D eigenvalue weighted by Crippen LogP contribution is -2.36. The number of hydrogen-bond donors (Lipinski definition) is 2. The standard InChI is InChI=1S/C12H27N3O3/c1-11(2)15(6-5-12(13)14-16)7-10-18-9-4-8-17-3/h11,16H,4-10H2,1-3H3,(H2,13,14). The molecule has 6 heteroatoms. The van der Waals surface area contributed by atoms with Gasteiger partial charge in [-0.25, -0.2) is 0 Å². The van der Waals surface area contributed by atoms with E-state index < -0.39 is 0 Å². The molecule has 0 aromatic rings. The van der Waals surface area contributed by atoms with Crippen molar-refractivity contribution in [3.63, 3.8) is 0 Å². The van der Waals surface area contributed by atoms with Gasteiger partial charge in [-0.2, -0.15) is 0 Å². The van der Waals surface area contributed by atoms with Crippen molar-refractivity contribution >= 4 is 5.84 Å². The lowest BCUT2D eigenvalue weighted by molar-refractivity contribution is 0.0770. The quantitative estimate of drug-likeness (QED) is 0.190. The molecule has 0 saturated carbocycles. The van der Waals surface area contributed by atoms with Gasteiger partial charge in [-0.15, -0.1) is 0 Å². The third-order valence-corrected chi connectivity index (χ3v) is 2.67. The Morgan fingerprint density at radius 2 is 2.00 bits per heavy atom. The van der Waals surface area contributed by atoms with Crippen LogP contribution in [0.5, 0.6) is 0 Å². The minimum absolute atomic E-state index is 0.265. The van der Waals surface area contributed by atoms with Crippen molar-refractivity contribution in [2.75, 3.05) is 40.0 Å². The molecule has 0 atom stereocenters. The van der Waals surface area contributed by atoms with Gasteiger partial charge in [-0.1, -0.05) is 5.16 Å². The maximum atomic E-state index is 8.49. The lowest BCUT2D eigenvalue weighted by Gasteiger charge is -2.26. The Bertz CT molecular complexity index is 223. The van der Waals surface area contributed by atoms with Crippen LogP contribution in [-0.4, -0.2) is 62.0 Å². The summed E-state index contributed by atoms with van der Waals surface area (Å²) in [7, 11) is 1.69. The fraction of sp³-hybridized carbons (Fsp3) is 0.917. The predicted octanol–water partition coefficient (Wildman–Crippen LogP) is 0.886. The molecular formula is C12H27N3O3. The summed E-state index contributed by atoms with van der Waals surface area (Å²) >= 11 is 0. The van der Waals surface area contributed by atoms with Crippen LogP contribution >= 0.6 is 0 Å². The second-order valence-corrected chi connectivity index (χ2v) is 4.43. The molecule has 0 bridgehead atoms. The van der Waals surface area contributed by atoms with Crippen molar-refractivity contribution in [1.29, 1.82) is 0 Å². The highest BCUT2D eigenvalue weighted by Crippen LogP contribution is 2.00. The Labute approximate surface area is 110 Å². The molecule has 0 unspecified atom stereocenters. The highest BCUT2D eigenvalue weighted by molar-refractivity contribution is 5.79. The summed E-state index contributed by atoms with van der Waals surface area (Å²) in [6, 6.07) is 0.416. The maximum absolute atomic E-state index is 8.49. The molecule has 0 aliphatic heterocycles. The smallest absolute Gasteiger partial charge is 0.140 e. The summed E-state index contributed by atoms with van der Waals surface area (Å²) in [5.74, 6) is 0.265. The van der Waals surface area contributed by atoms with Gasteiger partial charge in [-0.3, -0.25) is 4.90 Å². The molecule has 0 amide bonds. The molecule has 0 aromatic heterocycles. The van der Waals surface area contributed by atoms with Gasteiger partial charge in [0.15, 0.2) is 0 Å². The first-order valence-electron chi connectivity index (χ1n) is 6.39. The number of nitrogens with zero attached hydrogens (tertiary/aromatic N) is 2. The zero-order chi connectivity index (χ0) is 13.8. The Hall–Kier alpha value is -0.850. The van der Waals surface area contributed by atoms with Crippen LogP contribution in [-0.2, 0) is 9.47 Å². The average molecular weight is 261 g/mol. The molecule has 0 aliphatic carbocycles. The van der Waals surface area contributed by atoms with Crippen LogP contribution in [0.1, 0.15) is 26.7 Å². The summed E-state index contributed by atoms with van der Waals surface area (Å²) in [5.41, 5.74) is 5.46. The monoisotopic (exact) mass is 261 g/mol. The molecule has 0 radical (unpaired) electrons. The molecule has 18 heavy (non-hydrogen) atoms. The van der Waals surface area contributed by atoms with Gasteiger partial charge in [0.05, 0.1) is 6.61 Å². The minimum Gasteiger partial charge on any atom is -0.409 e. The number of oxime groups is 1. The highest BCUT2D eigenvalue weighted by Gasteiger charge is 2.09. The average Bonchev–Trinajstić information content (AvgIpc) is 2.36. The van der Waals surface area contributed by atoms with E-state index in [9.17, 15) is 0 Å². The van der Waals surface area contributed by atoms with Crippen LogP contribution in [0.15, 0.2) is 5.16 Å². The molecule has 0 heterocycles. The van der Waals surface area contributed by atoms with Gasteiger partial charge < -0.3 is 20.4 Å². The third-order valence-electron chi connectivity index (χ3n) is 2.67. The minimum atomic E-state index is 0.265. The van der Waals surface area contributed by atoms with Crippen molar-refractivity contribution in [1.82, 2.24) is 4.90 Å². The predicted molar refractivity (Wildman–Crippen MR) is 72.0 cm³/mol. The zero-order valence-electron chi connectivity index (χ0n) is 11.8. The number of methoxy groups -OCH3 is 1. The van der Waals surface area contributed by atoms with Gasteiger partial charge in [0.1, 0.15) is 5.84 Å². The molecule has 0 aromatic carbocycles. The summed E-state index contributed by atoms with van der Waals surface area (Å²) in [4.78, 5) is 2.24. The van der Waals surface area contributed by atoms with E-state index in [1.54, 1.807) is 7.11 Å². The lowest BCUT2D eigenvalue weighted by atomic mass is 10.2. The van der Waals surface area contributed by atoms with Crippen LogP contribution in [0.4, 0.5) is 0 Å². The van der Waals surface area contributed by atoms with Gasteiger partial charge in [-0.05, 0) is 20.3 Å². The molecule has 3 N–H and O–H groups in total. The Kier molecular flexibility index (Phi) is 10.7. The molecule has 0 rings (SSSR count). The third kappa shape index (κ3) is 9.21. The van der Waals surface area contributed by atoms with E-state index in [2.05, 4.69) is 23.9 Å². The van der Waals surface area contributed by atoms with Gasteiger partial charge in [0.25, 0.3) is 0 Å². The number of hydrogen-bond acceptors (Lipinski definition) is 5. The normalized spacial score (nSPS) is 12.6. The highest BCUT2D eigenvalue weighted by atomic mass is 16.5. The van der Waals surface area contributed by atoms with Crippen molar-refractivity contribution in [2.24, 2.45) is 10.9 Å². The van der Waals surface area contributed by atoms with Crippen molar-refractivity contribution in [3.8, 4) is 0 Å². The molecule has 6 nitrogen and oxygen atoms in total. The first-order chi connectivity index (χ1) is 8.61. The van der Waals surface area contributed by atoms with E-state index in [1.165, 1.54) is 0 Å². The summed E-state index contributed by atoms with van der Waals surface area (Å²) in [6.07, 6.45) is 1.49. The van der Waals surface area contributed by atoms with E-state index in [1.807, 2.05) is 0 Å². The summed E-state index contributed by atoms with van der Waals surface area (Å²) < 4.78 is 10.5. The van der Waals surface area contributed by atoms with Crippen molar-refractivity contribution in [2.45, 2.75) is 32.7 Å². The van der Waals surface area contributed by atoms with E-state index in [4.69, 9.17) is 20.4 Å². The van der Waals surface area contributed by atoms with E-state index in [0.717, 1.165) is 32.7 Å².